The molecule has 0 saturated heterocycles. The number of nitrogens with one attached hydrogen (secondary N) is 1. The summed E-state index contributed by atoms with van der Waals surface area (Å²) in [5, 5.41) is 3.38. The zero-order valence-corrected chi connectivity index (χ0v) is 12.5. The van der Waals surface area contributed by atoms with Crippen molar-refractivity contribution in [3.05, 3.63) is 18.2 Å². The van der Waals surface area contributed by atoms with Crippen molar-refractivity contribution in [2.24, 2.45) is 5.92 Å². The lowest BCUT2D eigenvalue weighted by atomic mass is 10.0. The van der Waals surface area contributed by atoms with Crippen LogP contribution < -0.4 is 15.8 Å². The number of anilines is 2. The van der Waals surface area contributed by atoms with Crippen LogP contribution in [0.25, 0.3) is 0 Å². The first-order valence-corrected chi connectivity index (χ1v) is 7.31. The van der Waals surface area contributed by atoms with E-state index in [9.17, 15) is 0 Å². The van der Waals surface area contributed by atoms with E-state index in [2.05, 4.69) is 19.2 Å². The first-order chi connectivity index (χ1) is 9.15. The predicted molar refractivity (Wildman–Crippen MR) is 83.8 cm³/mol. The van der Waals surface area contributed by atoms with E-state index in [1.165, 1.54) is 32.1 Å². The maximum atomic E-state index is 6.00. The Morgan fingerprint density at radius 1 is 1.16 bits per heavy atom. The van der Waals surface area contributed by atoms with Crippen LogP contribution in [0.4, 0.5) is 11.4 Å². The number of para-hydroxylation sites is 1. The van der Waals surface area contributed by atoms with E-state index in [0.29, 0.717) is 5.69 Å². The number of rotatable bonds is 9. The van der Waals surface area contributed by atoms with E-state index in [1.54, 1.807) is 7.11 Å². The second-order valence-corrected chi connectivity index (χ2v) is 5.45. The van der Waals surface area contributed by atoms with Crippen LogP contribution in [0.1, 0.15) is 46.0 Å². The van der Waals surface area contributed by atoms with Crippen LogP contribution >= 0.6 is 0 Å². The minimum atomic E-state index is 0.699. The molecule has 0 bridgehead atoms. The molecule has 0 aliphatic heterocycles. The Balaban J connectivity index is 2.19. The van der Waals surface area contributed by atoms with Gasteiger partial charge in [0, 0.05) is 6.54 Å². The SMILES string of the molecule is COc1cccc(NCCCCCCC(C)C)c1N. The zero-order chi connectivity index (χ0) is 14.1. The molecule has 3 N–H and O–H groups in total. The Morgan fingerprint density at radius 3 is 2.58 bits per heavy atom. The van der Waals surface area contributed by atoms with E-state index in [1.807, 2.05) is 18.2 Å². The fraction of sp³-hybridized carbons (Fsp3) is 0.625. The van der Waals surface area contributed by atoms with Gasteiger partial charge in [-0.15, -0.1) is 0 Å². The molecular weight excluding hydrogens is 236 g/mol. The minimum Gasteiger partial charge on any atom is -0.495 e. The molecule has 1 aromatic rings. The van der Waals surface area contributed by atoms with Gasteiger partial charge in [0.1, 0.15) is 5.75 Å². The van der Waals surface area contributed by atoms with Crippen molar-refractivity contribution >= 4 is 11.4 Å². The second kappa shape index (κ2) is 8.68. The summed E-state index contributed by atoms with van der Waals surface area (Å²) in [7, 11) is 1.64. The van der Waals surface area contributed by atoms with Gasteiger partial charge in [0.15, 0.2) is 0 Å². The predicted octanol–water partition coefficient (Wildman–Crippen LogP) is 4.30. The smallest absolute Gasteiger partial charge is 0.143 e. The van der Waals surface area contributed by atoms with Gasteiger partial charge in [-0.3, -0.25) is 0 Å². The molecule has 1 rings (SSSR count). The normalized spacial score (nSPS) is 10.7. The first kappa shape index (κ1) is 15.7. The maximum Gasteiger partial charge on any atom is 0.143 e. The zero-order valence-electron chi connectivity index (χ0n) is 12.5. The van der Waals surface area contributed by atoms with Gasteiger partial charge < -0.3 is 15.8 Å². The monoisotopic (exact) mass is 264 g/mol. The van der Waals surface area contributed by atoms with Gasteiger partial charge in [-0.1, -0.05) is 45.6 Å². The molecule has 0 atom stereocenters. The molecule has 1 aromatic carbocycles. The molecule has 0 radical (unpaired) electrons. The summed E-state index contributed by atoms with van der Waals surface area (Å²) in [6.07, 6.45) is 6.49. The number of nitrogens with two attached hydrogens (primary N) is 1. The molecule has 0 amide bonds. The summed E-state index contributed by atoms with van der Waals surface area (Å²) in [4.78, 5) is 0. The van der Waals surface area contributed by atoms with E-state index < -0.39 is 0 Å². The molecule has 0 aliphatic carbocycles. The fourth-order valence-electron chi connectivity index (χ4n) is 2.13. The topological polar surface area (TPSA) is 47.3 Å². The van der Waals surface area contributed by atoms with Gasteiger partial charge in [-0.2, -0.15) is 0 Å². The van der Waals surface area contributed by atoms with Gasteiger partial charge in [-0.25, -0.2) is 0 Å². The van der Waals surface area contributed by atoms with Crippen molar-refractivity contribution in [2.45, 2.75) is 46.0 Å². The third-order valence-electron chi connectivity index (χ3n) is 3.31. The van der Waals surface area contributed by atoms with Crippen LogP contribution in [0.5, 0.6) is 5.75 Å². The Hall–Kier alpha value is -1.38. The van der Waals surface area contributed by atoms with Gasteiger partial charge in [0.25, 0.3) is 0 Å². The number of ether oxygens (including phenoxy) is 1. The molecule has 0 unspecified atom stereocenters. The lowest BCUT2D eigenvalue weighted by Crippen LogP contribution is -2.05. The van der Waals surface area contributed by atoms with Crippen molar-refractivity contribution in [3.63, 3.8) is 0 Å². The van der Waals surface area contributed by atoms with Gasteiger partial charge in [0.2, 0.25) is 0 Å². The lowest BCUT2D eigenvalue weighted by Gasteiger charge is -2.12. The second-order valence-electron chi connectivity index (χ2n) is 5.45. The molecule has 3 heteroatoms. The minimum absolute atomic E-state index is 0.699. The Labute approximate surface area is 117 Å². The number of benzene rings is 1. The van der Waals surface area contributed by atoms with E-state index in [-0.39, 0.29) is 0 Å². The van der Waals surface area contributed by atoms with Crippen LogP contribution in [0.15, 0.2) is 18.2 Å². The van der Waals surface area contributed by atoms with E-state index in [4.69, 9.17) is 10.5 Å². The average molecular weight is 264 g/mol. The number of unbranched alkanes of at least 4 members (excludes halogenated alkanes) is 3. The summed E-state index contributed by atoms with van der Waals surface area (Å²) >= 11 is 0. The number of hydrogen-bond donors (Lipinski definition) is 2. The molecule has 0 aromatic heterocycles. The van der Waals surface area contributed by atoms with Crippen molar-refractivity contribution in [1.82, 2.24) is 0 Å². The molecular formula is C16H28N2O. The molecule has 3 nitrogen and oxygen atoms in total. The average Bonchev–Trinajstić information content (AvgIpc) is 2.39. The molecule has 0 saturated carbocycles. The lowest BCUT2D eigenvalue weighted by molar-refractivity contribution is 0.417. The quantitative estimate of drug-likeness (QED) is 0.516. The third kappa shape index (κ3) is 5.86. The molecule has 0 heterocycles. The molecule has 19 heavy (non-hydrogen) atoms. The van der Waals surface area contributed by atoms with Crippen molar-refractivity contribution in [3.8, 4) is 5.75 Å². The Bertz CT molecular complexity index is 364. The number of methoxy groups -OCH3 is 1. The van der Waals surface area contributed by atoms with Crippen LogP contribution in [0.2, 0.25) is 0 Å². The van der Waals surface area contributed by atoms with Crippen LogP contribution in [0.3, 0.4) is 0 Å². The number of hydrogen-bond acceptors (Lipinski definition) is 3. The highest BCUT2D eigenvalue weighted by molar-refractivity contribution is 5.72. The highest BCUT2D eigenvalue weighted by atomic mass is 16.5. The third-order valence-corrected chi connectivity index (χ3v) is 3.31. The van der Waals surface area contributed by atoms with Crippen LogP contribution in [-0.2, 0) is 0 Å². The summed E-state index contributed by atoms with van der Waals surface area (Å²) in [6.45, 7) is 5.54. The number of nitrogen functional groups attached to an aromatic ring is 1. The van der Waals surface area contributed by atoms with Gasteiger partial charge in [0.05, 0.1) is 18.5 Å². The highest BCUT2D eigenvalue weighted by Gasteiger charge is 2.03. The van der Waals surface area contributed by atoms with Gasteiger partial charge >= 0.3 is 0 Å². The highest BCUT2D eigenvalue weighted by Crippen LogP contribution is 2.28. The summed E-state index contributed by atoms with van der Waals surface area (Å²) < 4.78 is 5.20. The maximum absolute atomic E-state index is 6.00. The van der Waals surface area contributed by atoms with Crippen molar-refractivity contribution in [1.29, 1.82) is 0 Å². The van der Waals surface area contributed by atoms with Gasteiger partial charge in [-0.05, 0) is 24.5 Å². The summed E-state index contributed by atoms with van der Waals surface area (Å²) in [5.41, 5.74) is 7.67. The Morgan fingerprint density at radius 2 is 1.89 bits per heavy atom. The Kier molecular flexibility index (Phi) is 7.16. The molecule has 108 valence electrons. The summed E-state index contributed by atoms with van der Waals surface area (Å²) in [6, 6.07) is 5.84. The first-order valence-electron chi connectivity index (χ1n) is 7.31. The molecule has 0 spiro atoms. The van der Waals surface area contributed by atoms with Crippen LogP contribution in [0, 0.1) is 5.92 Å². The standard InChI is InChI=1S/C16H28N2O/c1-13(2)9-6-4-5-7-12-18-14-10-8-11-15(19-3)16(14)17/h8,10-11,13,18H,4-7,9,12,17H2,1-3H3. The van der Waals surface area contributed by atoms with Crippen molar-refractivity contribution < 1.29 is 4.74 Å². The molecule has 0 fully saturated rings. The van der Waals surface area contributed by atoms with Crippen LogP contribution in [-0.4, -0.2) is 13.7 Å². The van der Waals surface area contributed by atoms with E-state index in [0.717, 1.165) is 23.9 Å². The van der Waals surface area contributed by atoms with E-state index >= 15 is 0 Å². The van der Waals surface area contributed by atoms with Crippen molar-refractivity contribution in [2.75, 3.05) is 24.7 Å². The summed E-state index contributed by atoms with van der Waals surface area (Å²) in [5.74, 6) is 1.57. The molecule has 0 aliphatic rings. The largest absolute Gasteiger partial charge is 0.495 e. The fourth-order valence-corrected chi connectivity index (χ4v) is 2.13.